The fourth-order valence-corrected chi connectivity index (χ4v) is 6.47. The summed E-state index contributed by atoms with van der Waals surface area (Å²) < 4.78 is 14.9. The van der Waals surface area contributed by atoms with E-state index in [2.05, 4.69) is 90.5 Å². The molecule has 0 N–H and O–H groups in total. The van der Waals surface area contributed by atoms with E-state index in [1.54, 1.807) is 0 Å². The first-order chi connectivity index (χ1) is 23.1. The van der Waals surface area contributed by atoms with E-state index in [9.17, 15) is 0 Å². The van der Waals surface area contributed by atoms with Gasteiger partial charge in [-0.1, -0.05) is 110 Å². The first-order valence-corrected chi connectivity index (χ1v) is 15.8. The van der Waals surface area contributed by atoms with Crippen molar-refractivity contribution >= 4 is 54.9 Å². The number of hydrogen-bond donors (Lipinski definition) is 0. The normalized spacial score (nSPS) is 11.7. The van der Waals surface area contributed by atoms with Crippen LogP contribution >= 0.6 is 0 Å². The van der Waals surface area contributed by atoms with E-state index >= 15 is 0 Å². The van der Waals surface area contributed by atoms with Gasteiger partial charge < -0.3 is 9.15 Å². The van der Waals surface area contributed by atoms with Crippen LogP contribution in [0, 0.1) is 0 Å². The Hall–Kier alpha value is -6.13. The molecule has 0 saturated carbocycles. The Morgan fingerprint density at radius 3 is 2.32 bits per heavy atom. The first kappa shape index (κ1) is 28.4. The zero-order valence-corrected chi connectivity index (χ0v) is 26.1. The molecule has 6 aromatic carbocycles. The molecule has 0 fully saturated rings. The van der Waals surface area contributed by atoms with Gasteiger partial charge in [-0.3, -0.25) is 4.57 Å². The van der Waals surface area contributed by atoms with Crippen LogP contribution in [0.4, 0.5) is 0 Å². The summed E-state index contributed by atoms with van der Waals surface area (Å²) in [5.41, 5.74) is 9.25. The average Bonchev–Trinajstić information content (AvgIpc) is 3.68. The maximum absolute atomic E-state index is 6.43. The largest absolute Gasteiger partial charge is 0.493 e. The van der Waals surface area contributed by atoms with Crippen LogP contribution in [0.25, 0.3) is 72.0 Å². The Kier molecular flexibility index (Phi) is 7.03. The molecule has 0 aliphatic carbocycles. The molecule has 47 heavy (non-hydrogen) atoms. The minimum atomic E-state index is 0.524. The number of fused-ring (bicyclic) bond motifs is 5. The molecule has 0 saturated heterocycles. The molecule has 226 valence electrons. The Labute approximate surface area is 273 Å². The molecule has 0 aliphatic heterocycles. The molecule has 4 heteroatoms. The quantitative estimate of drug-likeness (QED) is 0.161. The molecule has 0 amide bonds. The summed E-state index contributed by atoms with van der Waals surface area (Å²) in [6.45, 7) is 11.5. The molecule has 0 bridgehead atoms. The molecule has 4 nitrogen and oxygen atoms in total. The highest BCUT2D eigenvalue weighted by molar-refractivity contribution is 6.16. The van der Waals surface area contributed by atoms with Gasteiger partial charge in [0.2, 0.25) is 0 Å². The molecule has 8 aromatic rings. The average molecular weight is 609 g/mol. The number of ether oxygens (including phenoxy) is 1. The minimum Gasteiger partial charge on any atom is -0.493 e. The molecular formula is C43H32N2O2. The maximum atomic E-state index is 6.43. The van der Waals surface area contributed by atoms with Gasteiger partial charge in [-0.2, -0.15) is 0 Å². The molecule has 0 atom stereocenters. The predicted octanol–water partition coefficient (Wildman–Crippen LogP) is 11.4. The van der Waals surface area contributed by atoms with Gasteiger partial charge in [0, 0.05) is 33.5 Å². The molecule has 8 rings (SSSR count). The van der Waals surface area contributed by atoms with E-state index in [0.29, 0.717) is 6.61 Å². The standard InChI is InChI=1S/C43H32N2O2/c1-4-46-40-27-32(45-38-20-12-11-19-37(38)44-43(45)30-14-6-5-7-15-30)24-25-33(40)28(2)22-23-29(3)41-34-17-9-8-16-31(34)26-36-35-18-10-13-21-39(35)47-42(36)41/h5-27H,2-4H2,1H3/b23-22-. The van der Waals surface area contributed by atoms with E-state index in [1.807, 2.05) is 73.7 Å². The third-order valence-electron chi connectivity index (χ3n) is 8.66. The van der Waals surface area contributed by atoms with Crippen molar-refractivity contribution in [1.29, 1.82) is 0 Å². The molecule has 0 aliphatic rings. The number of para-hydroxylation sites is 3. The lowest BCUT2D eigenvalue weighted by Gasteiger charge is -2.15. The zero-order chi connectivity index (χ0) is 31.9. The van der Waals surface area contributed by atoms with Crippen LogP contribution in [0.1, 0.15) is 18.1 Å². The van der Waals surface area contributed by atoms with Crippen LogP contribution in [0.2, 0.25) is 0 Å². The summed E-state index contributed by atoms with van der Waals surface area (Å²) in [6.07, 6.45) is 4.04. The summed E-state index contributed by atoms with van der Waals surface area (Å²) in [4.78, 5) is 5.00. The highest BCUT2D eigenvalue weighted by Gasteiger charge is 2.18. The van der Waals surface area contributed by atoms with Crippen molar-refractivity contribution in [2.45, 2.75) is 6.92 Å². The number of hydrogen-bond acceptors (Lipinski definition) is 3. The molecule has 0 spiro atoms. The number of rotatable bonds is 8. The number of benzene rings is 6. The highest BCUT2D eigenvalue weighted by Crippen LogP contribution is 2.39. The fraction of sp³-hybridized carbons (Fsp3) is 0.0465. The van der Waals surface area contributed by atoms with Gasteiger partial charge in [0.15, 0.2) is 0 Å². The fourth-order valence-electron chi connectivity index (χ4n) is 6.47. The van der Waals surface area contributed by atoms with Crippen molar-refractivity contribution in [3.8, 4) is 22.8 Å². The third kappa shape index (κ3) is 4.91. The summed E-state index contributed by atoms with van der Waals surface area (Å²) >= 11 is 0. The van der Waals surface area contributed by atoms with Crippen molar-refractivity contribution < 1.29 is 9.15 Å². The van der Waals surface area contributed by atoms with E-state index < -0.39 is 0 Å². The number of aromatic nitrogens is 2. The van der Waals surface area contributed by atoms with Crippen molar-refractivity contribution in [3.63, 3.8) is 0 Å². The van der Waals surface area contributed by atoms with Crippen molar-refractivity contribution in [2.75, 3.05) is 6.61 Å². The van der Waals surface area contributed by atoms with Crippen molar-refractivity contribution in [3.05, 3.63) is 164 Å². The number of nitrogens with zero attached hydrogens (tertiary/aromatic N) is 2. The van der Waals surface area contributed by atoms with Gasteiger partial charge in [-0.05, 0) is 65.2 Å². The Balaban J connectivity index is 1.19. The predicted molar refractivity (Wildman–Crippen MR) is 196 cm³/mol. The minimum absolute atomic E-state index is 0.524. The maximum Gasteiger partial charge on any atom is 0.145 e. The second kappa shape index (κ2) is 11.7. The van der Waals surface area contributed by atoms with Crippen molar-refractivity contribution in [2.24, 2.45) is 0 Å². The lowest BCUT2D eigenvalue weighted by Crippen LogP contribution is -2.01. The Morgan fingerprint density at radius 2 is 1.47 bits per heavy atom. The van der Waals surface area contributed by atoms with Gasteiger partial charge in [-0.15, -0.1) is 0 Å². The van der Waals surface area contributed by atoms with Crippen molar-refractivity contribution in [1.82, 2.24) is 9.55 Å². The van der Waals surface area contributed by atoms with E-state index in [0.717, 1.165) is 88.8 Å². The van der Waals surface area contributed by atoms with E-state index in [1.165, 1.54) is 0 Å². The molecule has 2 aromatic heterocycles. The summed E-state index contributed by atoms with van der Waals surface area (Å²) in [6, 6.07) is 43.5. The third-order valence-corrected chi connectivity index (χ3v) is 8.66. The second-order valence-corrected chi connectivity index (χ2v) is 11.6. The van der Waals surface area contributed by atoms with E-state index in [4.69, 9.17) is 14.1 Å². The topological polar surface area (TPSA) is 40.2 Å². The number of imidazole rings is 1. The highest BCUT2D eigenvalue weighted by atomic mass is 16.5. The SMILES string of the molecule is C=C(/C=C\C(=C)c1c2ccccc2cc2c1oc1ccccc12)c1ccc(-n2c(-c3ccccc3)nc3ccccc32)cc1OCC. The van der Waals surface area contributed by atoms with Crippen LogP contribution in [-0.2, 0) is 0 Å². The lowest BCUT2D eigenvalue weighted by atomic mass is 9.95. The van der Waals surface area contributed by atoms with Crippen LogP contribution < -0.4 is 4.74 Å². The molecule has 0 radical (unpaired) electrons. The smallest absolute Gasteiger partial charge is 0.145 e. The molecular weight excluding hydrogens is 576 g/mol. The van der Waals surface area contributed by atoms with Crippen LogP contribution in [0.3, 0.4) is 0 Å². The van der Waals surface area contributed by atoms with Gasteiger partial charge in [0.1, 0.15) is 22.7 Å². The van der Waals surface area contributed by atoms with Crippen LogP contribution in [0.5, 0.6) is 5.75 Å². The number of furan rings is 1. The summed E-state index contributed by atoms with van der Waals surface area (Å²) in [7, 11) is 0. The van der Waals surface area contributed by atoms with Gasteiger partial charge in [0.05, 0.1) is 23.3 Å². The number of allylic oxidation sites excluding steroid dienone is 4. The first-order valence-electron chi connectivity index (χ1n) is 15.8. The van der Waals surface area contributed by atoms with Crippen LogP contribution in [0.15, 0.2) is 157 Å². The van der Waals surface area contributed by atoms with E-state index in [-0.39, 0.29) is 0 Å². The lowest BCUT2D eigenvalue weighted by molar-refractivity contribution is 0.339. The Bertz CT molecular complexity index is 2510. The zero-order valence-electron chi connectivity index (χ0n) is 26.1. The van der Waals surface area contributed by atoms with Gasteiger partial charge in [-0.25, -0.2) is 4.98 Å². The van der Waals surface area contributed by atoms with Crippen LogP contribution in [-0.4, -0.2) is 16.2 Å². The van der Waals surface area contributed by atoms with Gasteiger partial charge in [0.25, 0.3) is 0 Å². The van der Waals surface area contributed by atoms with Gasteiger partial charge >= 0.3 is 0 Å². The molecule has 0 unspecified atom stereocenters. The summed E-state index contributed by atoms with van der Waals surface area (Å²) in [5.74, 6) is 1.64. The molecule has 2 heterocycles. The summed E-state index contributed by atoms with van der Waals surface area (Å²) in [5, 5.41) is 4.42. The second-order valence-electron chi connectivity index (χ2n) is 11.6. The monoisotopic (exact) mass is 608 g/mol. The Morgan fingerprint density at radius 1 is 0.745 bits per heavy atom.